The summed E-state index contributed by atoms with van der Waals surface area (Å²) in [6.07, 6.45) is -1.16. The quantitative estimate of drug-likeness (QED) is 0.474. The molecule has 0 amide bonds. The summed E-state index contributed by atoms with van der Waals surface area (Å²) in [5.74, 6) is -1.95. The molecule has 232 valence electrons. The van der Waals surface area contributed by atoms with Gasteiger partial charge in [-0.15, -0.1) is 0 Å². The van der Waals surface area contributed by atoms with Crippen LogP contribution in [-0.4, -0.2) is 81.4 Å². The zero-order valence-corrected chi connectivity index (χ0v) is 26.0. The number of fused-ring (bicyclic) bond motifs is 3. The molecular weight excluding hydrogens is 544 g/mol. The maximum atomic E-state index is 13.9. The van der Waals surface area contributed by atoms with Crippen LogP contribution in [0.3, 0.4) is 0 Å². The minimum atomic E-state index is -1.28. The molecule has 4 fully saturated rings. The number of hydrogen-bond donors (Lipinski definition) is 2. The third kappa shape index (κ3) is 3.49. The van der Waals surface area contributed by atoms with E-state index in [-0.39, 0.29) is 29.8 Å². The highest BCUT2D eigenvalue weighted by Gasteiger charge is 2.81. The van der Waals surface area contributed by atoms with E-state index in [0.29, 0.717) is 24.2 Å². The van der Waals surface area contributed by atoms with Crippen LogP contribution in [0.2, 0.25) is 0 Å². The lowest BCUT2D eigenvalue weighted by Crippen LogP contribution is -2.74. The van der Waals surface area contributed by atoms with E-state index in [1.807, 2.05) is 34.6 Å². The number of esters is 2. The van der Waals surface area contributed by atoms with E-state index in [1.54, 1.807) is 13.8 Å². The molecule has 0 aromatic rings. The van der Waals surface area contributed by atoms with Gasteiger partial charge in [0, 0.05) is 37.5 Å². The Bertz CT molecular complexity index is 1310. The lowest BCUT2D eigenvalue weighted by molar-refractivity contribution is -0.324. The van der Waals surface area contributed by atoms with E-state index in [0.717, 1.165) is 0 Å². The molecule has 0 bridgehead atoms. The first kappa shape index (κ1) is 29.8. The summed E-state index contributed by atoms with van der Waals surface area (Å²) in [4.78, 5) is 38.4. The van der Waals surface area contributed by atoms with Gasteiger partial charge in [-0.05, 0) is 59.1 Å². The number of hydrogen-bond acceptors (Lipinski definition) is 10. The van der Waals surface area contributed by atoms with Gasteiger partial charge in [0.05, 0.1) is 41.0 Å². The van der Waals surface area contributed by atoms with Crippen LogP contribution in [-0.2, 0) is 38.1 Å². The van der Waals surface area contributed by atoms with E-state index in [2.05, 4.69) is 0 Å². The summed E-state index contributed by atoms with van der Waals surface area (Å²) in [7, 11) is 0. The number of aliphatic hydroxyl groups excluding tert-OH is 1. The summed E-state index contributed by atoms with van der Waals surface area (Å²) >= 11 is 0. The fraction of sp³-hybridized carbons (Fsp3) is 0.781. The first-order chi connectivity index (χ1) is 19.3. The van der Waals surface area contributed by atoms with Gasteiger partial charge in [0.15, 0.2) is 11.4 Å². The Morgan fingerprint density at radius 2 is 1.74 bits per heavy atom. The maximum absolute atomic E-state index is 13.9. The zero-order valence-electron chi connectivity index (χ0n) is 26.0. The highest BCUT2D eigenvalue weighted by Crippen LogP contribution is 2.72. The average molecular weight is 589 g/mol. The minimum absolute atomic E-state index is 0.128. The molecule has 0 radical (unpaired) electrons. The third-order valence-corrected chi connectivity index (χ3v) is 11.7. The average Bonchev–Trinajstić information content (AvgIpc) is 2.99. The Kier molecular flexibility index (Phi) is 6.31. The normalized spacial score (nSPS) is 49.2. The molecule has 0 unspecified atom stereocenters. The Balaban J connectivity index is 1.49. The van der Waals surface area contributed by atoms with Gasteiger partial charge in [-0.2, -0.15) is 0 Å². The van der Waals surface area contributed by atoms with Crippen molar-refractivity contribution in [2.75, 3.05) is 0 Å². The second kappa shape index (κ2) is 8.89. The summed E-state index contributed by atoms with van der Waals surface area (Å²) in [5, 5.41) is 23.2. The Labute approximate surface area is 246 Å². The van der Waals surface area contributed by atoms with Crippen molar-refractivity contribution in [3.05, 3.63) is 23.0 Å². The first-order valence-corrected chi connectivity index (χ1v) is 15.1. The van der Waals surface area contributed by atoms with Crippen molar-refractivity contribution in [3.63, 3.8) is 0 Å². The molecule has 2 N–H and O–H groups in total. The van der Waals surface area contributed by atoms with Gasteiger partial charge < -0.3 is 33.9 Å². The van der Waals surface area contributed by atoms with Crippen LogP contribution in [0.25, 0.3) is 0 Å². The Hall–Kier alpha value is -2.27. The van der Waals surface area contributed by atoms with Gasteiger partial charge in [0.25, 0.3) is 0 Å². The lowest BCUT2D eigenvalue weighted by Gasteiger charge is -2.66. The van der Waals surface area contributed by atoms with Crippen molar-refractivity contribution >= 4 is 17.7 Å². The van der Waals surface area contributed by atoms with Crippen molar-refractivity contribution < 1.29 is 48.3 Å². The fourth-order valence-corrected chi connectivity index (χ4v) is 9.64. The molecule has 6 rings (SSSR count). The van der Waals surface area contributed by atoms with E-state index in [9.17, 15) is 24.6 Å². The molecule has 0 aromatic heterocycles. The second-order valence-corrected chi connectivity index (χ2v) is 14.6. The third-order valence-electron chi connectivity index (χ3n) is 11.7. The van der Waals surface area contributed by atoms with Crippen molar-refractivity contribution in [2.45, 2.75) is 135 Å². The topological polar surface area (TPSA) is 138 Å². The summed E-state index contributed by atoms with van der Waals surface area (Å²) in [5.41, 5.74) is -4.17. The van der Waals surface area contributed by atoms with Crippen LogP contribution in [0.4, 0.5) is 0 Å². The molecule has 2 saturated heterocycles. The van der Waals surface area contributed by atoms with Gasteiger partial charge in [-0.3, -0.25) is 14.4 Å². The van der Waals surface area contributed by atoms with Crippen LogP contribution in [0, 0.1) is 22.7 Å². The molecule has 10 heteroatoms. The van der Waals surface area contributed by atoms with E-state index >= 15 is 0 Å². The van der Waals surface area contributed by atoms with Crippen molar-refractivity contribution in [1.82, 2.24) is 0 Å². The fourth-order valence-electron chi connectivity index (χ4n) is 9.64. The molecule has 12 atom stereocenters. The van der Waals surface area contributed by atoms with Gasteiger partial charge in [0.1, 0.15) is 23.6 Å². The molecule has 0 aromatic carbocycles. The van der Waals surface area contributed by atoms with Gasteiger partial charge in [-0.25, -0.2) is 0 Å². The predicted molar refractivity (Wildman–Crippen MR) is 148 cm³/mol. The number of carbonyl (C=O) groups is 3. The molecule has 10 nitrogen and oxygen atoms in total. The van der Waals surface area contributed by atoms with Crippen LogP contribution < -0.4 is 0 Å². The Morgan fingerprint density at radius 3 is 2.31 bits per heavy atom. The summed E-state index contributed by atoms with van der Waals surface area (Å²) in [6.45, 7) is 15.8. The van der Waals surface area contributed by atoms with Crippen molar-refractivity contribution in [1.29, 1.82) is 0 Å². The highest BCUT2D eigenvalue weighted by molar-refractivity contribution is 6.08. The largest absolute Gasteiger partial charge is 0.487 e. The molecule has 3 aliphatic carbocycles. The van der Waals surface area contributed by atoms with Gasteiger partial charge in [-0.1, -0.05) is 13.8 Å². The van der Waals surface area contributed by atoms with Crippen LogP contribution in [0.15, 0.2) is 23.0 Å². The monoisotopic (exact) mass is 588 g/mol. The van der Waals surface area contributed by atoms with E-state index in [1.165, 1.54) is 19.9 Å². The number of allylic oxidation sites excluding steroid dienone is 1. The lowest BCUT2D eigenvalue weighted by atomic mass is 9.50. The molecule has 2 saturated carbocycles. The first-order valence-electron chi connectivity index (χ1n) is 15.1. The van der Waals surface area contributed by atoms with Crippen molar-refractivity contribution in [3.8, 4) is 0 Å². The predicted octanol–water partition coefficient (Wildman–Crippen LogP) is 2.92. The smallest absolute Gasteiger partial charge is 0.302 e. The number of rotatable bonds is 3. The SMILES string of the molecule is CC(=O)O[C@@H]1C[C@H](C(C)(C)O)O[C@@H]2CC[C@]3(C)OC4=C(C(=O)C=C5[C@H](C)[C@H](OC(C)=O)[C@]6(C)[C@H](C)O[C@@]546)[C@H](O)[C@@H]3[C@]12C. The molecular formula is C32H44O10. The zero-order chi connectivity index (χ0) is 30.9. The standard InChI is InChI=1S/C32H44O10/c1-14-18-12-19(35)23-24(36)25-29(7,42-27(23)32(18)31(9,15(2)41-32)26(14)39-17(4)34)11-10-20-30(25,8)22(38-16(3)33)13-21(40-20)28(5,6)37/h12,14-15,20-22,24-26,36-37H,10-11,13H2,1-9H3/t14-,15-,20+,21+,22+,24-,25-,26-,29-,30-,31-,32-/m0/s1. The molecule has 3 aliphatic heterocycles. The van der Waals surface area contributed by atoms with E-state index in [4.69, 9.17) is 23.7 Å². The molecule has 42 heavy (non-hydrogen) atoms. The number of aliphatic hydroxyl groups is 2. The van der Waals surface area contributed by atoms with Crippen molar-refractivity contribution in [2.24, 2.45) is 22.7 Å². The summed E-state index contributed by atoms with van der Waals surface area (Å²) in [6, 6.07) is 0. The van der Waals surface area contributed by atoms with Crippen LogP contribution in [0.5, 0.6) is 0 Å². The minimum Gasteiger partial charge on any atom is -0.487 e. The highest BCUT2D eigenvalue weighted by atomic mass is 16.6. The second-order valence-electron chi connectivity index (χ2n) is 14.6. The molecule has 1 spiro atoms. The van der Waals surface area contributed by atoms with Crippen LogP contribution >= 0.6 is 0 Å². The molecule has 3 heterocycles. The maximum Gasteiger partial charge on any atom is 0.302 e. The molecule has 6 aliphatic rings. The van der Waals surface area contributed by atoms with Gasteiger partial charge in [0.2, 0.25) is 0 Å². The van der Waals surface area contributed by atoms with Gasteiger partial charge >= 0.3 is 11.9 Å². The Morgan fingerprint density at radius 1 is 1.10 bits per heavy atom. The number of ether oxygens (including phenoxy) is 5. The summed E-state index contributed by atoms with van der Waals surface area (Å²) < 4.78 is 31.8. The van der Waals surface area contributed by atoms with Crippen LogP contribution in [0.1, 0.15) is 81.6 Å². The van der Waals surface area contributed by atoms with E-state index < -0.39 is 76.0 Å². The number of ketones is 1. The number of carbonyl (C=O) groups excluding carboxylic acids is 3.